The highest BCUT2D eigenvalue weighted by atomic mass is 16.5. The molecule has 0 saturated carbocycles. The third-order valence-electron chi connectivity index (χ3n) is 4.12. The lowest BCUT2D eigenvalue weighted by molar-refractivity contribution is 0.0959. The number of fused-ring (bicyclic) bond motifs is 1. The van der Waals surface area contributed by atoms with Gasteiger partial charge in [0.1, 0.15) is 5.52 Å². The van der Waals surface area contributed by atoms with Crippen molar-refractivity contribution < 1.29 is 9.32 Å². The second kappa shape index (κ2) is 7.59. The van der Waals surface area contributed by atoms with Gasteiger partial charge in [0.2, 0.25) is 0 Å². The molecular formula is C23H16N2O2. The van der Waals surface area contributed by atoms with E-state index in [0.717, 1.165) is 16.5 Å². The average molecular weight is 352 g/mol. The molecule has 0 radical (unpaired) electrons. The molecular weight excluding hydrogens is 336 g/mol. The van der Waals surface area contributed by atoms with Crippen LogP contribution in [0.5, 0.6) is 0 Å². The second-order valence-corrected chi connectivity index (χ2v) is 5.96. The molecule has 1 N–H and O–H groups in total. The highest BCUT2D eigenvalue weighted by Crippen LogP contribution is 2.29. The van der Waals surface area contributed by atoms with Gasteiger partial charge in [0, 0.05) is 16.7 Å². The molecule has 27 heavy (non-hydrogen) atoms. The summed E-state index contributed by atoms with van der Waals surface area (Å²) >= 11 is 0. The van der Waals surface area contributed by atoms with Crippen LogP contribution in [0.4, 0.5) is 0 Å². The molecule has 0 bridgehead atoms. The molecule has 0 unspecified atom stereocenters. The number of hydrogen-bond donors (Lipinski definition) is 1. The number of rotatable bonds is 3. The van der Waals surface area contributed by atoms with Crippen molar-refractivity contribution >= 4 is 16.8 Å². The van der Waals surface area contributed by atoms with Gasteiger partial charge in [-0.05, 0) is 30.3 Å². The summed E-state index contributed by atoms with van der Waals surface area (Å²) in [6.07, 6.45) is 0. The lowest BCUT2D eigenvalue weighted by Crippen LogP contribution is -2.23. The first kappa shape index (κ1) is 16.6. The number of carbonyl (C=O) groups excluding carboxylic acids is 1. The highest BCUT2D eigenvalue weighted by Gasteiger charge is 2.13. The summed E-state index contributed by atoms with van der Waals surface area (Å²) in [6, 6.07) is 24.7. The van der Waals surface area contributed by atoms with E-state index in [1.807, 2.05) is 60.7 Å². The van der Waals surface area contributed by atoms with E-state index in [4.69, 9.17) is 4.52 Å². The predicted octanol–water partition coefficient (Wildman–Crippen LogP) is 4.28. The minimum absolute atomic E-state index is 0.181. The van der Waals surface area contributed by atoms with Crippen LogP contribution >= 0.6 is 0 Å². The van der Waals surface area contributed by atoms with Crippen molar-refractivity contribution in [2.45, 2.75) is 0 Å². The zero-order valence-corrected chi connectivity index (χ0v) is 14.5. The van der Waals surface area contributed by atoms with Crippen molar-refractivity contribution in [2.75, 3.05) is 6.54 Å². The van der Waals surface area contributed by atoms with Gasteiger partial charge < -0.3 is 9.84 Å². The van der Waals surface area contributed by atoms with Crippen LogP contribution in [0, 0.1) is 11.8 Å². The first-order chi connectivity index (χ1) is 13.3. The molecule has 0 spiro atoms. The molecule has 1 amide bonds. The van der Waals surface area contributed by atoms with E-state index in [1.165, 1.54) is 0 Å². The number of carbonyl (C=O) groups is 1. The molecule has 0 aliphatic carbocycles. The summed E-state index contributed by atoms with van der Waals surface area (Å²) in [5.41, 5.74) is 3.11. The maximum Gasteiger partial charge on any atom is 0.252 e. The largest absolute Gasteiger partial charge is 0.355 e. The summed E-state index contributed by atoms with van der Waals surface area (Å²) in [7, 11) is 0. The molecule has 1 heterocycles. The van der Waals surface area contributed by atoms with E-state index in [0.29, 0.717) is 16.8 Å². The average Bonchev–Trinajstić information content (AvgIpc) is 3.16. The minimum Gasteiger partial charge on any atom is -0.355 e. The van der Waals surface area contributed by atoms with Gasteiger partial charge in [-0.2, -0.15) is 0 Å². The van der Waals surface area contributed by atoms with E-state index in [-0.39, 0.29) is 12.5 Å². The molecule has 130 valence electrons. The van der Waals surface area contributed by atoms with Gasteiger partial charge in [0.05, 0.1) is 11.9 Å². The van der Waals surface area contributed by atoms with Crippen LogP contribution in [0.15, 0.2) is 83.4 Å². The number of nitrogens with one attached hydrogen (secondary N) is 1. The van der Waals surface area contributed by atoms with Crippen molar-refractivity contribution in [3.05, 3.63) is 90.0 Å². The molecule has 1 aromatic heterocycles. The Bertz CT molecular complexity index is 1140. The molecule has 4 rings (SSSR count). The van der Waals surface area contributed by atoms with E-state index in [2.05, 4.69) is 22.3 Å². The lowest BCUT2D eigenvalue weighted by atomic mass is 10.1. The summed E-state index contributed by atoms with van der Waals surface area (Å²) in [5, 5.41) is 7.71. The molecule has 4 heteroatoms. The maximum atomic E-state index is 12.4. The molecule has 0 fully saturated rings. The van der Waals surface area contributed by atoms with Gasteiger partial charge in [-0.1, -0.05) is 65.5 Å². The molecule has 4 nitrogen and oxygen atoms in total. The van der Waals surface area contributed by atoms with Crippen molar-refractivity contribution in [1.82, 2.24) is 10.5 Å². The fraction of sp³-hybridized carbons (Fsp3) is 0.0435. The summed E-state index contributed by atoms with van der Waals surface area (Å²) in [5.74, 6) is 6.45. The smallest absolute Gasteiger partial charge is 0.252 e. The van der Waals surface area contributed by atoms with Gasteiger partial charge in [-0.15, -0.1) is 0 Å². The van der Waals surface area contributed by atoms with Crippen LogP contribution in [-0.2, 0) is 0 Å². The Morgan fingerprint density at radius 2 is 1.70 bits per heavy atom. The van der Waals surface area contributed by atoms with E-state index < -0.39 is 0 Å². The maximum absolute atomic E-state index is 12.4. The Kier molecular flexibility index (Phi) is 4.67. The van der Waals surface area contributed by atoms with Gasteiger partial charge in [-0.3, -0.25) is 4.79 Å². The first-order valence-corrected chi connectivity index (χ1v) is 8.58. The lowest BCUT2D eigenvalue weighted by Gasteiger charge is -2.02. The van der Waals surface area contributed by atoms with E-state index in [1.54, 1.807) is 18.2 Å². The normalized spacial score (nSPS) is 10.2. The number of aromatic nitrogens is 1. The monoisotopic (exact) mass is 352 g/mol. The van der Waals surface area contributed by atoms with Crippen molar-refractivity contribution in [3.63, 3.8) is 0 Å². The Morgan fingerprint density at radius 3 is 2.48 bits per heavy atom. The Labute approximate surface area is 156 Å². The molecule has 0 aliphatic rings. The summed E-state index contributed by atoms with van der Waals surface area (Å²) in [6.45, 7) is 0.279. The van der Waals surface area contributed by atoms with Gasteiger partial charge in [0.25, 0.3) is 5.91 Å². The summed E-state index contributed by atoms with van der Waals surface area (Å²) in [4.78, 5) is 12.4. The van der Waals surface area contributed by atoms with Gasteiger partial charge >= 0.3 is 0 Å². The number of benzene rings is 3. The Balaban J connectivity index is 1.52. The van der Waals surface area contributed by atoms with Crippen molar-refractivity contribution in [3.8, 4) is 23.2 Å². The molecule has 0 saturated heterocycles. The van der Waals surface area contributed by atoms with Gasteiger partial charge in [0.15, 0.2) is 5.76 Å². The van der Waals surface area contributed by atoms with E-state index >= 15 is 0 Å². The van der Waals surface area contributed by atoms with Crippen LogP contribution in [-0.4, -0.2) is 17.6 Å². The minimum atomic E-state index is -0.181. The third kappa shape index (κ3) is 3.73. The number of nitrogens with zero attached hydrogens (tertiary/aromatic N) is 1. The number of amides is 1. The topological polar surface area (TPSA) is 55.1 Å². The molecule has 0 atom stereocenters. The van der Waals surface area contributed by atoms with E-state index in [9.17, 15) is 4.79 Å². The summed E-state index contributed by atoms with van der Waals surface area (Å²) < 4.78 is 5.48. The van der Waals surface area contributed by atoms with Crippen LogP contribution < -0.4 is 5.32 Å². The fourth-order valence-electron chi connectivity index (χ4n) is 2.77. The Hall–Kier alpha value is -3.84. The van der Waals surface area contributed by atoms with Crippen molar-refractivity contribution in [2.24, 2.45) is 0 Å². The second-order valence-electron chi connectivity index (χ2n) is 5.96. The van der Waals surface area contributed by atoms with Gasteiger partial charge in [-0.25, -0.2) is 0 Å². The standard InChI is InChI=1S/C23H16N2O2/c26-23(24-15-7-10-17-8-3-1-4-9-17)19-13-14-21-20(16-19)22(27-25-21)18-11-5-2-6-12-18/h1-6,8-9,11-14,16H,15H2,(H,24,26). The fourth-order valence-corrected chi connectivity index (χ4v) is 2.77. The quantitative estimate of drug-likeness (QED) is 0.560. The number of hydrogen-bond acceptors (Lipinski definition) is 3. The zero-order chi connectivity index (χ0) is 18.5. The first-order valence-electron chi connectivity index (χ1n) is 8.58. The zero-order valence-electron chi connectivity index (χ0n) is 14.5. The van der Waals surface area contributed by atoms with Crippen LogP contribution in [0.2, 0.25) is 0 Å². The van der Waals surface area contributed by atoms with Crippen LogP contribution in [0.25, 0.3) is 22.2 Å². The molecule has 3 aromatic carbocycles. The predicted molar refractivity (Wildman–Crippen MR) is 105 cm³/mol. The molecule has 0 aliphatic heterocycles. The SMILES string of the molecule is O=C(NCC#Cc1ccccc1)c1ccc2noc(-c3ccccc3)c2c1. The van der Waals surface area contributed by atoms with Crippen LogP contribution in [0.3, 0.4) is 0 Å². The Morgan fingerprint density at radius 1 is 0.963 bits per heavy atom. The molecule has 4 aromatic rings. The van der Waals surface area contributed by atoms with Crippen LogP contribution in [0.1, 0.15) is 15.9 Å². The third-order valence-corrected chi connectivity index (χ3v) is 4.12. The highest BCUT2D eigenvalue weighted by molar-refractivity contribution is 6.01. The van der Waals surface area contributed by atoms with Crippen molar-refractivity contribution in [1.29, 1.82) is 0 Å².